The Bertz CT molecular complexity index is 1070. The first-order valence-corrected chi connectivity index (χ1v) is 13.2. The lowest BCUT2D eigenvalue weighted by Gasteiger charge is -2.44. The Labute approximate surface area is 214 Å². The number of carbonyl (C=O) groups excluding carboxylic acids is 1. The van der Waals surface area contributed by atoms with E-state index in [2.05, 4.69) is 65.4 Å². The van der Waals surface area contributed by atoms with Crippen molar-refractivity contribution >= 4 is 28.9 Å². The highest BCUT2D eigenvalue weighted by molar-refractivity contribution is 5.96. The summed E-state index contributed by atoms with van der Waals surface area (Å²) in [5, 5.41) is 16.6. The molecule has 9 heteroatoms. The summed E-state index contributed by atoms with van der Waals surface area (Å²) in [6, 6.07) is 7.41. The molecular formula is C27H41N7O2. The van der Waals surface area contributed by atoms with Crippen molar-refractivity contribution in [3.8, 4) is 0 Å². The SMILES string of the molecule is CCc1nc(C(N)=O)c(Nc2ccc(N3C[C@@H](C)N(C)[C@@H](C)C3)c(C)c2)nc1NC1CCC(O)CC1. The number of likely N-dealkylation sites (N-methyl/N-ethyl adjacent to an activating group) is 1. The van der Waals surface area contributed by atoms with Crippen LogP contribution in [0, 0.1) is 6.92 Å². The van der Waals surface area contributed by atoms with Crippen LogP contribution in [-0.2, 0) is 6.42 Å². The Kier molecular flexibility index (Phi) is 8.00. The number of nitrogens with one attached hydrogen (secondary N) is 2. The summed E-state index contributed by atoms with van der Waals surface area (Å²) in [6.45, 7) is 10.6. The van der Waals surface area contributed by atoms with Crippen LogP contribution in [0.3, 0.4) is 0 Å². The molecule has 1 aliphatic carbocycles. The van der Waals surface area contributed by atoms with Gasteiger partial charge in [0.15, 0.2) is 11.5 Å². The third kappa shape index (κ3) is 5.73. The number of nitrogens with zero attached hydrogens (tertiary/aromatic N) is 4. The molecule has 1 saturated heterocycles. The average molecular weight is 496 g/mol. The maximum atomic E-state index is 12.3. The van der Waals surface area contributed by atoms with Gasteiger partial charge in [0.25, 0.3) is 5.91 Å². The van der Waals surface area contributed by atoms with Crippen molar-refractivity contribution in [1.82, 2.24) is 14.9 Å². The average Bonchev–Trinajstić information content (AvgIpc) is 2.83. The van der Waals surface area contributed by atoms with Crippen molar-refractivity contribution in [1.29, 1.82) is 0 Å². The van der Waals surface area contributed by atoms with Crippen LogP contribution in [0.4, 0.5) is 23.0 Å². The first-order valence-electron chi connectivity index (χ1n) is 13.2. The van der Waals surface area contributed by atoms with Crippen molar-refractivity contribution < 1.29 is 9.90 Å². The fourth-order valence-electron chi connectivity index (χ4n) is 5.33. The van der Waals surface area contributed by atoms with Gasteiger partial charge in [-0.1, -0.05) is 6.92 Å². The van der Waals surface area contributed by atoms with Crippen molar-refractivity contribution in [2.45, 2.75) is 84.0 Å². The lowest BCUT2D eigenvalue weighted by atomic mass is 9.93. The van der Waals surface area contributed by atoms with E-state index >= 15 is 0 Å². The van der Waals surface area contributed by atoms with Gasteiger partial charge in [-0.2, -0.15) is 0 Å². The fourth-order valence-corrected chi connectivity index (χ4v) is 5.33. The van der Waals surface area contributed by atoms with Crippen LogP contribution in [-0.4, -0.2) is 70.2 Å². The highest BCUT2D eigenvalue weighted by Crippen LogP contribution is 2.30. The summed E-state index contributed by atoms with van der Waals surface area (Å²) < 4.78 is 0. The van der Waals surface area contributed by atoms with E-state index in [4.69, 9.17) is 10.7 Å². The predicted molar refractivity (Wildman–Crippen MR) is 145 cm³/mol. The van der Waals surface area contributed by atoms with Crippen molar-refractivity contribution in [2.75, 3.05) is 35.7 Å². The van der Waals surface area contributed by atoms with Crippen LogP contribution >= 0.6 is 0 Å². The number of amides is 1. The van der Waals surface area contributed by atoms with Gasteiger partial charge in [0, 0.05) is 42.6 Å². The number of aliphatic hydroxyl groups is 1. The molecule has 9 nitrogen and oxygen atoms in total. The highest BCUT2D eigenvalue weighted by atomic mass is 16.3. The molecule has 1 aromatic heterocycles. The van der Waals surface area contributed by atoms with Gasteiger partial charge in [0.2, 0.25) is 0 Å². The molecule has 36 heavy (non-hydrogen) atoms. The van der Waals surface area contributed by atoms with Crippen molar-refractivity contribution in [2.24, 2.45) is 5.73 Å². The quantitative estimate of drug-likeness (QED) is 0.461. The number of benzene rings is 1. The third-order valence-corrected chi connectivity index (χ3v) is 7.73. The van der Waals surface area contributed by atoms with E-state index in [0.717, 1.165) is 50.0 Å². The van der Waals surface area contributed by atoms with Gasteiger partial charge >= 0.3 is 0 Å². The Morgan fingerprint density at radius 1 is 1.11 bits per heavy atom. The number of aromatic nitrogens is 2. The molecule has 2 aliphatic rings. The minimum absolute atomic E-state index is 0.139. The highest BCUT2D eigenvalue weighted by Gasteiger charge is 2.27. The van der Waals surface area contributed by atoms with Gasteiger partial charge in [0.05, 0.1) is 11.8 Å². The van der Waals surface area contributed by atoms with Gasteiger partial charge in [0.1, 0.15) is 5.82 Å². The Morgan fingerprint density at radius 3 is 2.36 bits per heavy atom. The number of nitrogens with two attached hydrogens (primary N) is 1. The maximum absolute atomic E-state index is 12.3. The fraction of sp³-hybridized carbons (Fsp3) is 0.593. The van der Waals surface area contributed by atoms with Gasteiger partial charge in [-0.25, -0.2) is 9.97 Å². The Morgan fingerprint density at radius 2 is 1.78 bits per heavy atom. The number of hydrogen-bond acceptors (Lipinski definition) is 8. The van der Waals surface area contributed by atoms with E-state index in [-0.39, 0.29) is 17.8 Å². The number of aliphatic hydroxyl groups excluding tert-OH is 1. The standard InChI is InChI=1S/C27H41N7O2/c1-6-22-26(29-19-7-10-21(35)11-8-19)32-27(24(31-22)25(28)36)30-20-9-12-23(16(2)13-20)34-14-17(3)33(5)18(4)15-34/h9,12-13,17-19,21,35H,6-8,10-11,14-15H2,1-5H3,(H2,28,36)(H2,29,30,32)/t17-,18+,19?,21?. The third-order valence-electron chi connectivity index (χ3n) is 7.73. The number of rotatable bonds is 7. The smallest absolute Gasteiger partial charge is 0.271 e. The molecule has 1 amide bonds. The second kappa shape index (κ2) is 11.0. The van der Waals surface area contributed by atoms with Crippen LogP contribution in [0.5, 0.6) is 0 Å². The lowest BCUT2D eigenvalue weighted by Crippen LogP contribution is -2.55. The van der Waals surface area contributed by atoms with E-state index in [1.807, 2.05) is 13.0 Å². The molecular weight excluding hydrogens is 454 g/mol. The number of carbonyl (C=O) groups is 1. The van der Waals surface area contributed by atoms with Gasteiger partial charge in [-0.05, 0) is 83.7 Å². The zero-order valence-electron chi connectivity index (χ0n) is 22.2. The minimum Gasteiger partial charge on any atom is -0.393 e. The molecule has 0 radical (unpaired) electrons. The lowest BCUT2D eigenvalue weighted by molar-refractivity contribution is 0.0996. The van der Waals surface area contributed by atoms with Gasteiger partial charge in [-0.3, -0.25) is 9.69 Å². The zero-order chi connectivity index (χ0) is 26.0. The molecule has 0 bridgehead atoms. The number of anilines is 4. The summed E-state index contributed by atoms with van der Waals surface area (Å²) in [6.07, 6.45) is 3.69. The molecule has 2 atom stereocenters. The van der Waals surface area contributed by atoms with Crippen LogP contribution < -0.4 is 21.3 Å². The van der Waals surface area contributed by atoms with Crippen LogP contribution in [0.2, 0.25) is 0 Å². The molecule has 0 unspecified atom stereocenters. The largest absolute Gasteiger partial charge is 0.393 e. The van der Waals surface area contributed by atoms with Gasteiger partial charge < -0.3 is 26.4 Å². The number of aryl methyl sites for hydroxylation is 2. The molecule has 0 spiro atoms. The Balaban J connectivity index is 1.58. The first kappa shape index (κ1) is 26.2. The van der Waals surface area contributed by atoms with E-state index < -0.39 is 5.91 Å². The normalized spacial score (nSPS) is 25.0. The predicted octanol–water partition coefficient (Wildman–Crippen LogP) is 3.43. The summed E-state index contributed by atoms with van der Waals surface area (Å²) in [7, 11) is 2.19. The van der Waals surface area contributed by atoms with Crippen LogP contribution in [0.1, 0.15) is 68.2 Å². The summed E-state index contributed by atoms with van der Waals surface area (Å²) in [5.74, 6) is 0.410. The van der Waals surface area contributed by atoms with Crippen LogP contribution in [0.15, 0.2) is 18.2 Å². The molecule has 1 saturated carbocycles. The minimum atomic E-state index is -0.610. The number of hydrogen-bond donors (Lipinski definition) is 4. The first-order chi connectivity index (χ1) is 17.2. The summed E-state index contributed by atoms with van der Waals surface area (Å²) >= 11 is 0. The summed E-state index contributed by atoms with van der Waals surface area (Å²) in [5.41, 5.74) is 9.75. The molecule has 2 heterocycles. The number of primary amides is 1. The maximum Gasteiger partial charge on any atom is 0.271 e. The molecule has 1 aromatic carbocycles. The summed E-state index contributed by atoms with van der Waals surface area (Å²) in [4.78, 5) is 26.5. The van der Waals surface area contributed by atoms with E-state index in [1.165, 1.54) is 5.69 Å². The Hall–Kier alpha value is -2.91. The molecule has 2 fully saturated rings. The molecule has 5 N–H and O–H groups in total. The zero-order valence-corrected chi connectivity index (χ0v) is 22.2. The van der Waals surface area contributed by atoms with E-state index in [9.17, 15) is 9.90 Å². The van der Waals surface area contributed by atoms with Crippen LogP contribution in [0.25, 0.3) is 0 Å². The van der Waals surface area contributed by atoms with Crippen molar-refractivity contribution in [3.05, 3.63) is 35.2 Å². The monoisotopic (exact) mass is 495 g/mol. The molecule has 2 aromatic rings. The van der Waals surface area contributed by atoms with E-state index in [1.54, 1.807) is 0 Å². The van der Waals surface area contributed by atoms with E-state index in [0.29, 0.717) is 35.8 Å². The second-order valence-corrected chi connectivity index (χ2v) is 10.5. The van der Waals surface area contributed by atoms with Gasteiger partial charge in [-0.15, -0.1) is 0 Å². The molecule has 4 rings (SSSR count). The molecule has 1 aliphatic heterocycles. The molecule has 196 valence electrons. The number of piperazine rings is 1. The second-order valence-electron chi connectivity index (χ2n) is 10.5. The topological polar surface area (TPSA) is 120 Å². The van der Waals surface area contributed by atoms with Crippen molar-refractivity contribution in [3.63, 3.8) is 0 Å².